The summed E-state index contributed by atoms with van der Waals surface area (Å²) < 4.78 is 10.0. The first kappa shape index (κ1) is 17.2. The maximum Gasteiger partial charge on any atom is 0.340 e. The van der Waals surface area contributed by atoms with Gasteiger partial charge in [0.2, 0.25) is 5.91 Å². The highest BCUT2D eigenvalue weighted by atomic mass is 32.1. The van der Waals surface area contributed by atoms with Crippen LogP contribution in [0, 0.1) is 0 Å². The minimum Gasteiger partial charge on any atom is -0.465 e. The van der Waals surface area contributed by atoms with Crippen LogP contribution in [0.2, 0.25) is 0 Å². The fourth-order valence-electron chi connectivity index (χ4n) is 2.93. The molecule has 1 N–H and O–H groups in total. The van der Waals surface area contributed by atoms with Gasteiger partial charge in [0.15, 0.2) is 0 Å². The highest BCUT2D eigenvalue weighted by molar-refractivity contribution is 7.14. The Morgan fingerprint density at radius 1 is 1.33 bits per heavy atom. The van der Waals surface area contributed by atoms with E-state index >= 15 is 0 Å². The zero-order valence-electron chi connectivity index (χ0n) is 14.4. The number of rotatable bonds is 5. The van der Waals surface area contributed by atoms with Crippen LogP contribution in [0.4, 0.5) is 10.9 Å². The number of amides is 1. The van der Waals surface area contributed by atoms with Crippen LogP contribution < -0.4 is 10.2 Å². The summed E-state index contributed by atoms with van der Waals surface area (Å²) in [6.45, 7) is 0.490. The van der Waals surface area contributed by atoms with Crippen LogP contribution in [-0.4, -0.2) is 41.7 Å². The summed E-state index contributed by atoms with van der Waals surface area (Å²) in [5.41, 5.74) is 1.20. The number of nitrogens with one attached hydrogen (secondary N) is 1. The highest BCUT2D eigenvalue weighted by Gasteiger charge is 2.36. The van der Waals surface area contributed by atoms with Crippen LogP contribution in [0.1, 0.15) is 16.8 Å². The minimum atomic E-state index is -0.487. The van der Waals surface area contributed by atoms with Gasteiger partial charge in [0.05, 0.1) is 12.7 Å². The molecule has 1 aliphatic rings. The number of aromatic nitrogens is 2. The highest BCUT2D eigenvalue weighted by Crippen LogP contribution is 2.32. The molecule has 3 heterocycles. The summed E-state index contributed by atoms with van der Waals surface area (Å²) in [5, 5.41) is 9.27. The van der Waals surface area contributed by atoms with Crippen LogP contribution in [0.25, 0.3) is 11.5 Å². The third-order valence-electron chi connectivity index (χ3n) is 4.25. The third kappa shape index (κ3) is 3.28. The number of hydrogen-bond donors (Lipinski definition) is 1. The van der Waals surface area contributed by atoms with Crippen molar-refractivity contribution in [1.82, 2.24) is 10.1 Å². The number of hydrogen-bond acceptors (Lipinski definition) is 8. The summed E-state index contributed by atoms with van der Waals surface area (Å²) in [6.07, 6.45) is 0.562. The van der Waals surface area contributed by atoms with Crippen molar-refractivity contribution in [3.63, 3.8) is 0 Å². The van der Waals surface area contributed by atoms with Crippen molar-refractivity contribution in [2.45, 2.75) is 12.5 Å². The molecule has 0 spiro atoms. The number of carbonyl (C=O) groups is 2. The van der Waals surface area contributed by atoms with Crippen LogP contribution in [0.3, 0.4) is 0 Å². The number of thiophene rings is 1. The Morgan fingerprint density at radius 2 is 2.15 bits per heavy atom. The molecule has 0 aliphatic carbocycles. The smallest absolute Gasteiger partial charge is 0.340 e. The zero-order valence-corrected chi connectivity index (χ0v) is 15.2. The monoisotopic (exact) mass is 384 g/mol. The first-order chi connectivity index (χ1) is 13.2. The van der Waals surface area contributed by atoms with Crippen molar-refractivity contribution in [2.75, 3.05) is 23.9 Å². The molecule has 9 heteroatoms. The average Bonchev–Trinajstić information content (AvgIpc) is 3.43. The second kappa shape index (κ2) is 7.20. The van der Waals surface area contributed by atoms with E-state index in [0.29, 0.717) is 29.4 Å². The van der Waals surface area contributed by atoms with Gasteiger partial charge in [-0.2, -0.15) is 4.98 Å². The largest absolute Gasteiger partial charge is 0.465 e. The van der Waals surface area contributed by atoms with E-state index in [-0.39, 0.29) is 11.9 Å². The predicted octanol–water partition coefficient (Wildman–Crippen LogP) is 2.80. The Labute approximate surface area is 158 Å². The molecule has 0 radical (unpaired) electrons. The Balaban J connectivity index is 1.48. The number of carbonyl (C=O) groups excluding carboxylic acids is 2. The van der Waals surface area contributed by atoms with Gasteiger partial charge in [-0.25, -0.2) is 4.79 Å². The lowest BCUT2D eigenvalue weighted by Crippen LogP contribution is -2.34. The van der Waals surface area contributed by atoms with Gasteiger partial charge in [-0.15, -0.1) is 11.3 Å². The van der Waals surface area contributed by atoms with E-state index in [2.05, 4.69) is 15.5 Å². The van der Waals surface area contributed by atoms with Crippen LogP contribution in [-0.2, 0) is 9.53 Å². The van der Waals surface area contributed by atoms with Gasteiger partial charge in [0.25, 0.3) is 11.8 Å². The fourth-order valence-corrected chi connectivity index (χ4v) is 3.85. The molecule has 0 bridgehead atoms. The van der Waals surface area contributed by atoms with Gasteiger partial charge >= 0.3 is 5.97 Å². The Bertz CT molecular complexity index is 969. The fraction of sp³-hybridized carbons (Fsp3) is 0.222. The van der Waals surface area contributed by atoms with Crippen LogP contribution in [0.15, 0.2) is 46.3 Å². The SMILES string of the molecule is COC(=O)c1ccsc1N1CCC(Nc2noc(-c3ccccc3)n2)C1=O. The second-order valence-corrected chi connectivity index (χ2v) is 6.79. The number of esters is 1. The van der Waals surface area contributed by atoms with E-state index < -0.39 is 12.0 Å². The van der Waals surface area contributed by atoms with Gasteiger partial charge in [-0.1, -0.05) is 18.2 Å². The van der Waals surface area contributed by atoms with E-state index in [1.807, 2.05) is 30.3 Å². The molecular weight excluding hydrogens is 368 g/mol. The standard InChI is InChI=1S/C18H16N4O4S/c1-25-17(24)12-8-10-27-16(12)22-9-7-13(15(22)23)19-18-20-14(26-21-18)11-5-3-2-4-6-11/h2-6,8,10,13H,7,9H2,1H3,(H,19,21). The molecule has 2 aromatic heterocycles. The first-order valence-electron chi connectivity index (χ1n) is 8.30. The molecule has 138 valence electrons. The van der Waals surface area contributed by atoms with Crippen LogP contribution in [0.5, 0.6) is 0 Å². The minimum absolute atomic E-state index is 0.145. The Morgan fingerprint density at radius 3 is 2.93 bits per heavy atom. The topological polar surface area (TPSA) is 97.6 Å². The average molecular weight is 384 g/mol. The number of benzene rings is 1. The van der Waals surface area contributed by atoms with Gasteiger partial charge < -0.3 is 19.5 Å². The molecule has 1 atom stereocenters. The molecule has 3 aromatic rings. The molecule has 4 rings (SSSR count). The van der Waals surface area contributed by atoms with Crippen molar-refractivity contribution >= 4 is 34.2 Å². The van der Waals surface area contributed by atoms with E-state index in [9.17, 15) is 9.59 Å². The van der Waals surface area contributed by atoms with Crippen molar-refractivity contribution in [2.24, 2.45) is 0 Å². The van der Waals surface area contributed by atoms with Gasteiger partial charge in [0, 0.05) is 12.1 Å². The maximum absolute atomic E-state index is 12.8. The number of nitrogens with zero attached hydrogens (tertiary/aromatic N) is 3. The molecule has 8 nitrogen and oxygen atoms in total. The van der Waals surface area contributed by atoms with E-state index in [4.69, 9.17) is 9.26 Å². The quantitative estimate of drug-likeness (QED) is 0.676. The number of anilines is 2. The molecular formula is C18H16N4O4S. The lowest BCUT2D eigenvalue weighted by molar-refractivity contribution is -0.117. The second-order valence-electron chi connectivity index (χ2n) is 5.90. The van der Waals surface area contributed by atoms with Crippen molar-refractivity contribution < 1.29 is 18.8 Å². The molecule has 1 amide bonds. The van der Waals surface area contributed by atoms with Gasteiger partial charge in [-0.3, -0.25) is 4.79 Å². The molecule has 1 unspecified atom stereocenters. The van der Waals surface area contributed by atoms with Crippen molar-refractivity contribution in [3.8, 4) is 11.5 Å². The van der Waals surface area contributed by atoms with Crippen molar-refractivity contribution in [3.05, 3.63) is 47.3 Å². The zero-order chi connectivity index (χ0) is 18.8. The Hall–Kier alpha value is -3.20. The number of ether oxygens (including phenoxy) is 1. The van der Waals surface area contributed by atoms with E-state index in [1.54, 1.807) is 16.3 Å². The summed E-state index contributed by atoms with van der Waals surface area (Å²) in [7, 11) is 1.32. The molecule has 27 heavy (non-hydrogen) atoms. The summed E-state index contributed by atoms with van der Waals surface area (Å²) in [5.74, 6) is 0.0369. The van der Waals surface area contributed by atoms with E-state index in [1.165, 1.54) is 18.4 Å². The van der Waals surface area contributed by atoms with Crippen molar-refractivity contribution in [1.29, 1.82) is 0 Å². The third-order valence-corrected chi connectivity index (χ3v) is 5.19. The first-order valence-corrected chi connectivity index (χ1v) is 9.18. The van der Waals surface area contributed by atoms with E-state index in [0.717, 1.165) is 5.56 Å². The van der Waals surface area contributed by atoms with Crippen LogP contribution >= 0.6 is 11.3 Å². The van der Waals surface area contributed by atoms with Gasteiger partial charge in [0.1, 0.15) is 11.0 Å². The normalized spacial score (nSPS) is 16.6. The summed E-state index contributed by atoms with van der Waals surface area (Å²) in [6, 6.07) is 10.6. The predicted molar refractivity (Wildman–Crippen MR) is 99.8 cm³/mol. The molecule has 0 saturated carbocycles. The lowest BCUT2D eigenvalue weighted by atomic mass is 10.2. The maximum atomic E-state index is 12.8. The van der Waals surface area contributed by atoms with Gasteiger partial charge in [-0.05, 0) is 35.2 Å². The molecule has 1 saturated heterocycles. The summed E-state index contributed by atoms with van der Waals surface area (Å²) >= 11 is 1.33. The molecule has 1 aromatic carbocycles. The lowest BCUT2D eigenvalue weighted by Gasteiger charge is -2.16. The Kier molecular flexibility index (Phi) is 4.59. The molecule has 1 fully saturated rings. The number of methoxy groups -OCH3 is 1. The molecule has 1 aliphatic heterocycles. The summed E-state index contributed by atoms with van der Waals surface area (Å²) in [4.78, 5) is 30.5.